The molecule has 1 aliphatic rings. The maximum Gasteiger partial charge on any atom is 0.161 e. The van der Waals surface area contributed by atoms with Crippen molar-refractivity contribution in [3.05, 3.63) is 23.8 Å². The van der Waals surface area contributed by atoms with E-state index in [4.69, 9.17) is 14.2 Å². The molecular weight excluding hydrogens is 230 g/mol. The first-order chi connectivity index (χ1) is 8.85. The molecule has 0 aromatic heterocycles. The summed E-state index contributed by atoms with van der Waals surface area (Å²) >= 11 is 0. The first kappa shape index (κ1) is 13.2. The molecule has 0 spiro atoms. The van der Waals surface area contributed by atoms with Gasteiger partial charge in [0.15, 0.2) is 11.5 Å². The van der Waals surface area contributed by atoms with Crippen molar-refractivity contribution >= 4 is 0 Å². The molecule has 0 amide bonds. The third kappa shape index (κ3) is 3.15. The summed E-state index contributed by atoms with van der Waals surface area (Å²) in [6.45, 7) is 5.04. The lowest BCUT2D eigenvalue weighted by Gasteiger charge is -2.22. The monoisotopic (exact) mass is 251 g/mol. The summed E-state index contributed by atoms with van der Waals surface area (Å²) in [6, 6.07) is 6.44. The molecule has 1 N–H and O–H groups in total. The van der Waals surface area contributed by atoms with Crippen LogP contribution in [0.1, 0.15) is 24.9 Å². The Hall–Kier alpha value is -1.26. The quantitative estimate of drug-likeness (QED) is 0.841. The normalized spacial score (nSPS) is 15.4. The fraction of sp³-hybridized carbons (Fsp3) is 0.571. The standard InChI is InChI=1S/C14H21NO3/c1-3-15-12(6-7-16-2)11-4-5-13-14(10-11)18-9-8-17-13/h4-5,10,12,15H,3,6-9H2,1-2H3. The number of hydrogen-bond donors (Lipinski definition) is 1. The summed E-state index contributed by atoms with van der Waals surface area (Å²) in [5.74, 6) is 1.69. The molecule has 1 atom stereocenters. The van der Waals surface area contributed by atoms with Gasteiger partial charge in [0, 0.05) is 19.8 Å². The maximum atomic E-state index is 5.61. The van der Waals surface area contributed by atoms with Crippen LogP contribution >= 0.6 is 0 Å². The van der Waals surface area contributed by atoms with E-state index in [1.807, 2.05) is 6.07 Å². The van der Waals surface area contributed by atoms with Crippen molar-refractivity contribution < 1.29 is 14.2 Å². The van der Waals surface area contributed by atoms with E-state index in [1.54, 1.807) is 7.11 Å². The Morgan fingerprint density at radius 2 is 2.06 bits per heavy atom. The van der Waals surface area contributed by atoms with Gasteiger partial charge in [-0.3, -0.25) is 0 Å². The van der Waals surface area contributed by atoms with Gasteiger partial charge in [0.05, 0.1) is 0 Å². The van der Waals surface area contributed by atoms with Gasteiger partial charge in [0.2, 0.25) is 0 Å². The molecule has 1 aliphatic heterocycles. The highest BCUT2D eigenvalue weighted by atomic mass is 16.6. The Morgan fingerprint density at radius 1 is 1.28 bits per heavy atom. The number of methoxy groups -OCH3 is 1. The van der Waals surface area contributed by atoms with Crippen LogP contribution in [0.4, 0.5) is 0 Å². The van der Waals surface area contributed by atoms with Crippen LogP contribution in [-0.4, -0.2) is 33.5 Å². The zero-order valence-electron chi connectivity index (χ0n) is 11.1. The van der Waals surface area contributed by atoms with Gasteiger partial charge < -0.3 is 19.5 Å². The lowest BCUT2D eigenvalue weighted by atomic mass is 10.0. The molecule has 1 aromatic carbocycles. The second-order valence-corrected chi connectivity index (χ2v) is 4.29. The summed E-state index contributed by atoms with van der Waals surface area (Å²) in [4.78, 5) is 0. The summed E-state index contributed by atoms with van der Waals surface area (Å²) < 4.78 is 16.3. The minimum absolute atomic E-state index is 0.297. The lowest BCUT2D eigenvalue weighted by molar-refractivity contribution is 0.170. The zero-order valence-corrected chi connectivity index (χ0v) is 11.1. The molecule has 2 rings (SSSR count). The number of benzene rings is 1. The molecule has 4 nitrogen and oxygen atoms in total. The zero-order chi connectivity index (χ0) is 12.8. The summed E-state index contributed by atoms with van der Waals surface area (Å²) in [5.41, 5.74) is 1.22. The Bertz CT molecular complexity index is 381. The highest BCUT2D eigenvalue weighted by Crippen LogP contribution is 2.33. The Morgan fingerprint density at radius 3 is 2.78 bits per heavy atom. The molecule has 0 aliphatic carbocycles. The van der Waals surface area contributed by atoms with Crippen LogP contribution < -0.4 is 14.8 Å². The van der Waals surface area contributed by atoms with Crippen LogP contribution in [-0.2, 0) is 4.74 Å². The van der Waals surface area contributed by atoms with Crippen LogP contribution in [0.2, 0.25) is 0 Å². The van der Waals surface area contributed by atoms with Crippen molar-refractivity contribution in [2.45, 2.75) is 19.4 Å². The predicted molar refractivity (Wildman–Crippen MR) is 70.3 cm³/mol. The third-order valence-corrected chi connectivity index (χ3v) is 3.03. The largest absolute Gasteiger partial charge is 0.486 e. The number of hydrogen-bond acceptors (Lipinski definition) is 4. The van der Waals surface area contributed by atoms with E-state index in [0.717, 1.165) is 31.1 Å². The number of fused-ring (bicyclic) bond motifs is 1. The van der Waals surface area contributed by atoms with E-state index in [9.17, 15) is 0 Å². The Kier molecular flexibility index (Phi) is 4.84. The number of nitrogens with one attached hydrogen (secondary N) is 1. The number of ether oxygens (including phenoxy) is 3. The molecule has 0 bridgehead atoms. The van der Waals surface area contributed by atoms with Crippen LogP contribution in [0.5, 0.6) is 11.5 Å². The van der Waals surface area contributed by atoms with E-state index in [2.05, 4.69) is 24.4 Å². The Balaban J connectivity index is 2.13. The molecule has 0 saturated heterocycles. The Labute approximate surface area is 108 Å². The summed E-state index contributed by atoms with van der Waals surface area (Å²) in [5, 5.41) is 3.46. The average molecular weight is 251 g/mol. The highest BCUT2D eigenvalue weighted by molar-refractivity contribution is 5.44. The SMILES string of the molecule is CCNC(CCOC)c1ccc2c(c1)OCCO2. The minimum Gasteiger partial charge on any atom is -0.486 e. The lowest BCUT2D eigenvalue weighted by Crippen LogP contribution is -2.23. The minimum atomic E-state index is 0.297. The topological polar surface area (TPSA) is 39.7 Å². The van der Waals surface area contributed by atoms with Crippen molar-refractivity contribution in [3.63, 3.8) is 0 Å². The van der Waals surface area contributed by atoms with Gasteiger partial charge in [-0.15, -0.1) is 0 Å². The molecule has 100 valence electrons. The predicted octanol–water partition coefficient (Wildman–Crippen LogP) is 2.14. The third-order valence-electron chi connectivity index (χ3n) is 3.03. The van der Waals surface area contributed by atoms with Crippen LogP contribution in [0.3, 0.4) is 0 Å². The van der Waals surface area contributed by atoms with Gasteiger partial charge in [-0.2, -0.15) is 0 Å². The average Bonchev–Trinajstić information content (AvgIpc) is 2.43. The molecule has 0 fully saturated rings. The van der Waals surface area contributed by atoms with Gasteiger partial charge in [-0.25, -0.2) is 0 Å². The fourth-order valence-corrected chi connectivity index (χ4v) is 2.15. The van der Waals surface area contributed by atoms with Crippen LogP contribution in [0.15, 0.2) is 18.2 Å². The molecule has 1 heterocycles. The first-order valence-corrected chi connectivity index (χ1v) is 6.47. The maximum absolute atomic E-state index is 5.61. The van der Waals surface area contributed by atoms with E-state index < -0.39 is 0 Å². The first-order valence-electron chi connectivity index (χ1n) is 6.47. The van der Waals surface area contributed by atoms with Crippen molar-refractivity contribution in [3.8, 4) is 11.5 Å². The summed E-state index contributed by atoms with van der Waals surface area (Å²) in [7, 11) is 1.73. The van der Waals surface area contributed by atoms with Gasteiger partial charge in [0.25, 0.3) is 0 Å². The van der Waals surface area contributed by atoms with Gasteiger partial charge in [-0.1, -0.05) is 13.0 Å². The van der Waals surface area contributed by atoms with E-state index >= 15 is 0 Å². The van der Waals surface area contributed by atoms with E-state index in [-0.39, 0.29) is 0 Å². The molecule has 1 aromatic rings. The van der Waals surface area contributed by atoms with E-state index in [0.29, 0.717) is 19.3 Å². The molecule has 1 unspecified atom stereocenters. The van der Waals surface area contributed by atoms with Crippen molar-refractivity contribution in [2.75, 3.05) is 33.5 Å². The smallest absolute Gasteiger partial charge is 0.161 e. The van der Waals surface area contributed by atoms with Crippen molar-refractivity contribution in [1.29, 1.82) is 0 Å². The highest BCUT2D eigenvalue weighted by Gasteiger charge is 2.16. The van der Waals surface area contributed by atoms with Crippen molar-refractivity contribution in [1.82, 2.24) is 5.32 Å². The van der Waals surface area contributed by atoms with Gasteiger partial charge >= 0.3 is 0 Å². The molecule has 4 heteroatoms. The molecular formula is C14H21NO3. The molecule has 0 saturated carbocycles. The second-order valence-electron chi connectivity index (χ2n) is 4.29. The van der Waals surface area contributed by atoms with Gasteiger partial charge in [-0.05, 0) is 30.7 Å². The molecule has 18 heavy (non-hydrogen) atoms. The second kappa shape index (κ2) is 6.61. The number of rotatable bonds is 6. The van der Waals surface area contributed by atoms with Crippen LogP contribution in [0.25, 0.3) is 0 Å². The summed E-state index contributed by atoms with van der Waals surface area (Å²) in [6.07, 6.45) is 0.948. The molecule has 0 radical (unpaired) electrons. The van der Waals surface area contributed by atoms with E-state index in [1.165, 1.54) is 5.56 Å². The van der Waals surface area contributed by atoms with Crippen molar-refractivity contribution in [2.24, 2.45) is 0 Å². The van der Waals surface area contributed by atoms with Crippen LogP contribution in [0, 0.1) is 0 Å². The fourth-order valence-electron chi connectivity index (χ4n) is 2.15. The van der Waals surface area contributed by atoms with Gasteiger partial charge in [0.1, 0.15) is 13.2 Å².